The van der Waals surface area contributed by atoms with Gasteiger partial charge in [-0.25, -0.2) is 21.6 Å². The highest BCUT2D eigenvalue weighted by atomic mass is 35.5. The van der Waals surface area contributed by atoms with E-state index < -0.39 is 82.5 Å². The number of aryl methyl sites for hydroxylation is 1. The summed E-state index contributed by atoms with van der Waals surface area (Å²) in [5, 5.41) is 17.2. The first-order chi connectivity index (χ1) is 48.2. The summed E-state index contributed by atoms with van der Waals surface area (Å²) in [4.78, 5) is 83.0. The Morgan fingerprint density at radius 3 is 2.26 bits per heavy atom. The first kappa shape index (κ1) is 75.4. The van der Waals surface area contributed by atoms with Gasteiger partial charge in [0.25, 0.3) is 37.6 Å². The maximum atomic E-state index is 14.5. The van der Waals surface area contributed by atoms with E-state index in [4.69, 9.17) is 25.8 Å². The predicted octanol–water partition coefficient (Wildman–Crippen LogP) is 9.09. The van der Waals surface area contributed by atoms with Crippen molar-refractivity contribution < 1.29 is 73.0 Å². The lowest BCUT2D eigenvalue weighted by Crippen LogP contribution is -2.54. The number of piperazine rings is 1. The molecule has 2 atom stereocenters. The van der Waals surface area contributed by atoms with Crippen LogP contribution in [0, 0.1) is 5.41 Å². The molecule has 2 fully saturated rings. The summed E-state index contributed by atoms with van der Waals surface area (Å²) in [6.07, 6.45) is 5.42. The van der Waals surface area contributed by atoms with E-state index in [0.717, 1.165) is 66.5 Å². The number of nitrogens with one attached hydrogen (secondary N) is 4. The molecule has 1 aliphatic carbocycles. The minimum atomic E-state index is -6.21. The monoisotopic (exact) mass is 1470 g/mol. The number of rotatable bonds is 33. The number of sulfone groups is 1. The van der Waals surface area contributed by atoms with E-state index in [9.17, 15) is 58.8 Å². The number of aromatic nitrogens is 3. The van der Waals surface area contributed by atoms with Gasteiger partial charge in [0.2, 0.25) is 17.7 Å². The normalized spacial score (nSPS) is 17.0. The van der Waals surface area contributed by atoms with Crippen molar-refractivity contribution in [2.24, 2.45) is 5.41 Å². The van der Waals surface area contributed by atoms with Gasteiger partial charge < -0.3 is 34.6 Å². The summed E-state index contributed by atoms with van der Waals surface area (Å²) in [5.74, 6) is -3.50. The van der Waals surface area contributed by atoms with Crippen LogP contribution in [0.3, 0.4) is 0 Å². The average Bonchev–Trinajstić information content (AvgIpc) is 1.73. The number of imide groups is 2. The average molecular weight is 1470 g/mol. The van der Waals surface area contributed by atoms with Gasteiger partial charge in [-0.15, -0.1) is 16.9 Å². The van der Waals surface area contributed by atoms with Crippen molar-refractivity contribution in [2.75, 3.05) is 107 Å². The second-order valence-electron chi connectivity index (χ2n) is 25.8. The minimum Gasteiger partial charge on any atom is -0.382 e. The van der Waals surface area contributed by atoms with Crippen molar-refractivity contribution in [3.05, 3.63) is 160 Å². The van der Waals surface area contributed by atoms with Gasteiger partial charge in [0.05, 0.1) is 67.5 Å². The molecule has 4 N–H and O–H groups in total. The van der Waals surface area contributed by atoms with E-state index in [0.29, 0.717) is 55.1 Å². The number of fused-ring (bicyclic) bond motifs is 1. The maximum absolute atomic E-state index is 14.5. The van der Waals surface area contributed by atoms with E-state index in [1.807, 2.05) is 35.1 Å². The van der Waals surface area contributed by atoms with E-state index in [2.05, 4.69) is 62.0 Å². The summed E-state index contributed by atoms with van der Waals surface area (Å²) in [6.45, 7) is 10.6. The number of sulfonamides is 1. The number of amides is 6. The van der Waals surface area contributed by atoms with Crippen molar-refractivity contribution in [2.45, 2.75) is 111 Å². The molecule has 540 valence electrons. The quantitative estimate of drug-likeness (QED) is 0.0170. The molecule has 0 saturated carbocycles. The van der Waals surface area contributed by atoms with E-state index in [1.165, 1.54) is 51.6 Å². The van der Waals surface area contributed by atoms with Gasteiger partial charge in [0.15, 0.2) is 0 Å². The zero-order chi connectivity index (χ0) is 72.1. The number of nitrogens with zero attached hydrogens (tertiary/aromatic N) is 7. The van der Waals surface area contributed by atoms with Crippen LogP contribution in [0.5, 0.6) is 0 Å². The molecule has 0 unspecified atom stereocenters. The Bertz CT molecular complexity index is 4240. The zero-order valence-electron chi connectivity index (χ0n) is 56.1. The van der Waals surface area contributed by atoms with Crippen LogP contribution in [0.4, 0.5) is 30.2 Å². The molecule has 5 aromatic carbocycles. The number of carbonyl (C=O) groups is 6. The van der Waals surface area contributed by atoms with Crippen LogP contribution < -0.4 is 25.6 Å². The molecule has 0 spiro atoms. The molecule has 0 bridgehead atoms. The molecule has 6 amide bonds. The fourth-order valence-corrected chi connectivity index (χ4v) is 15.6. The molecule has 31 heteroatoms. The molecule has 4 heterocycles. The largest absolute Gasteiger partial charge is 0.501 e. The van der Waals surface area contributed by atoms with Crippen LogP contribution in [0.15, 0.2) is 142 Å². The van der Waals surface area contributed by atoms with E-state index >= 15 is 0 Å². The number of thioether (sulfide) groups is 1. The van der Waals surface area contributed by atoms with Gasteiger partial charge in [-0.3, -0.25) is 48.6 Å². The number of alkyl halides is 3. The van der Waals surface area contributed by atoms with Gasteiger partial charge in [0.1, 0.15) is 16.6 Å². The van der Waals surface area contributed by atoms with Crippen molar-refractivity contribution in [3.8, 4) is 0 Å². The molecular weight excluding hydrogens is 1390 g/mol. The number of allylic oxidation sites excluding steroid dienone is 1. The third kappa shape index (κ3) is 19.7. The molecule has 6 aromatic rings. The first-order valence-electron chi connectivity index (χ1n) is 33.2. The Morgan fingerprint density at radius 1 is 0.832 bits per heavy atom. The third-order valence-corrected chi connectivity index (χ3v) is 22.2. The number of hydrogen-bond donors (Lipinski definition) is 4. The third-order valence-electron chi connectivity index (χ3n) is 17.9. The van der Waals surface area contributed by atoms with E-state index in [1.54, 1.807) is 54.3 Å². The smallest absolute Gasteiger partial charge is 0.382 e. The van der Waals surface area contributed by atoms with Gasteiger partial charge in [0, 0.05) is 111 Å². The Morgan fingerprint density at radius 2 is 1.54 bits per heavy atom. The molecule has 4 aliphatic rings. The second kappa shape index (κ2) is 33.7. The minimum absolute atomic E-state index is 0.0193. The fourth-order valence-electron chi connectivity index (χ4n) is 12.4. The van der Waals surface area contributed by atoms with Crippen LogP contribution in [0.25, 0.3) is 5.57 Å². The van der Waals surface area contributed by atoms with Crippen molar-refractivity contribution in [3.63, 3.8) is 0 Å². The lowest BCUT2D eigenvalue weighted by atomic mass is 9.73. The van der Waals surface area contributed by atoms with Crippen LogP contribution in [0.2, 0.25) is 5.02 Å². The Hall–Kier alpha value is -8.23. The van der Waals surface area contributed by atoms with Crippen LogP contribution >= 0.6 is 23.4 Å². The van der Waals surface area contributed by atoms with Gasteiger partial charge >= 0.3 is 5.51 Å². The summed E-state index contributed by atoms with van der Waals surface area (Å²) < 4.78 is 118. The fraction of sp³-hybridized carbons (Fsp3) is 0.429. The van der Waals surface area contributed by atoms with E-state index in [-0.39, 0.29) is 106 Å². The molecule has 0 radical (unpaired) electrons. The van der Waals surface area contributed by atoms with Crippen LogP contribution in [-0.4, -0.2) is 191 Å². The number of hydrogen-bond acceptors (Lipinski definition) is 20. The zero-order valence-corrected chi connectivity index (χ0v) is 59.3. The number of anilines is 3. The second-order valence-corrected chi connectivity index (χ2v) is 30.9. The lowest BCUT2D eigenvalue weighted by Gasteiger charge is -2.39. The van der Waals surface area contributed by atoms with Crippen molar-refractivity contribution >= 4 is 101 Å². The van der Waals surface area contributed by atoms with Crippen LogP contribution in [-0.2, 0) is 61.6 Å². The summed E-state index contributed by atoms with van der Waals surface area (Å²) in [5.41, 5.74) is -0.189. The van der Waals surface area contributed by atoms with Crippen molar-refractivity contribution in [1.29, 1.82) is 0 Å². The topological polar surface area (TPSA) is 290 Å². The molecular formula is C70H81ClF3N11O13S3. The highest BCUT2D eigenvalue weighted by Crippen LogP contribution is 2.43. The Balaban J connectivity index is 0.657. The highest BCUT2D eigenvalue weighted by molar-refractivity contribution is 7.99. The number of ether oxygens (including phenoxy) is 3. The summed E-state index contributed by atoms with van der Waals surface area (Å²) >= 11 is 7.55. The number of piperidine rings is 1. The standard InChI is InChI=1S/C70H81ClF3N11O13S3/c1-69(2)28-26-56(47-14-18-50(71)19-15-47)49(42-69)43-82-32-34-83(35-33-82)53-20-16-48(17-21-53)65(88)79-101(94,95)55-22-23-58(61(41-55)100(92,93)70(72,73)74)76-51(46-99-54-9-5-4-6-10-54)27-31-81(3)63(87)13-8-30-84-44-52(78-80-84)45-98-40-39-97-38-37-96-36-29-75-59-12-7-11-57-64(59)68(91)85(67(57)90)60-24-25-62(86)77-66(60)89/h4-7,9-12,14-23,41,44,51,60,75-76H,8,13,24-40,42-43,45-46H2,1-3H3,(H,79,88)(H,77,86,89)/t51-,60-/m1/s1. The lowest BCUT2D eigenvalue weighted by molar-refractivity contribution is -0.136. The Labute approximate surface area is 594 Å². The molecule has 24 nitrogen and oxygen atoms in total. The SMILES string of the molecule is CN(CC[C@H](CSc1ccccc1)Nc1ccc(S(=O)(=O)NC(=O)c2ccc(N3CCN(CC4=C(c5ccc(Cl)cc5)CCC(C)(C)C4)CC3)cc2)cc1S(=O)(=O)C(F)(F)F)C(=O)CCCn1cc(COCCOCCOCCNc2cccc3c2C(=O)N([C@@H]2CCC(=O)NC2=O)C3=O)nn1. The first-order valence-corrected chi connectivity index (χ1v) is 37.5. The molecule has 101 heavy (non-hydrogen) atoms. The van der Waals surface area contributed by atoms with Gasteiger partial charge in [-0.2, -0.15) is 13.2 Å². The number of halogens is 4. The van der Waals surface area contributed by atoms with Crippen LogP contribution in [0.1, 0.15) is 108 Å². The van der Waals surface area contributed by atoms with Crippen molar-refractivity contribution in [1.82, 2.24) is 39.7 Å². The van der Waals surface area contributed by atoms with Gasteiger partial charge in [-0.1, -0.05) is 72.6 Å². The molecule has 2 saturated heterocycles. The number of benzene rings is 5. The molecule has 1 aromatic heterocycles. The molecule has 10 rings (SSSR count). The number of carbonyl (C=O) groups excluding carboxylic acids is 6. The summed E-state index contributed by atoms with van der Waals surface area (Å²) in [7, 11) is -9.60. The predicted molar refractivity (Wildman–Crippen MR) is 374 cm³/mol. The highest BCUT2D eigenvalue weighted by Gasteiger charge is 2.49. The molecule has 3 aliphatic heterocycles. The van der Waals surface area contributed by atoms with Gasteiger partial charge in [-0.05, 0) is 134 Å². The Kier molecular flexibility index (Phi) is 25.2. The maximum Gasteiger partial charge on any atom is 0.501 e. The summed E-state index contributed by atoms with van der Waals surface area (Å²) in [6, 6.07) is 28.5.